The summed E-state index contributed by atoms with van der Waals surface area (Å²) in [5.74, 6) is 7.16. The van der Waals surface area contributed by atoms with Gasteiger partial charge in [0.1, 0.15) is 17.8 Å². The predicted octanol–water partition coefficient (Wildman–Crippen LogP) is 6.07. The molecule has 36 heavy (non-hydrogen) atoms. The number of esters is 2. The molecule has 0 heterocycles. The Bertz CT molecular complexity index is 985. The Morgan fingerprint density at radius 3 is 2.56 bits per heavy atom. The molecule has 0 amide bonds. The molecule has 5 heteroatoms. The van der Waals surface area contributed by atoms with Crippen molar-refractivity contribution in [3.05, 3.63) is 35.5 Å². The van der Waals surface area contributed by atoms with Crippen LogP contribution in [0.2, 0.25) is 0 Å². The molecule has 3 aliphatic carbocycles. The van der Waals surface area contributed by atoms with Crippen molar-refractivity contribution in [2.75, 3.05) is 0 Å². The number of rotatable bonds is 5. The van der Waals surface area contributed by atoms with Gasteiger partial charge in [-0.2, -0.15) is 0 Å². The Morgan fingerprint density at radius 1 is 1.22 bits per heavy atom. The van der Waals surface area contributed by atoms with E-state index in [1.54, 1.807) is 13.8 Å². The number of ether oxygens (including phenoxy) is 2. The van der Waals surface area contributed by atoms with Gasteiger partial charge in [-0.25, -0.2) is 0 Å². The number of allylic oxidation sites excluding steroid dienone is 3. The van der Waals surface area contributed by atoms with Crippen molar-refractivity contribution in [3.8, 4) is 11.8 Å². The van der Waals surface area contributed by atoms with Crippen molar-refractivity contribution in [3.63, 3.8) is 0 Å². The van der Waals surface area contributed by atoms with E-state index in [4.69, 9.17) is 9.47 Å². The molecular formula is C31H44O5. The largest absolute Gasteiger partial charge is 0.462 e. The van der Waals surface area contributed by atoms with Gasteiger partial charge in [-0.3, -0.25) is 9.59 Å². The van der Waals surface area contributed by atoms with Crippen molar-refractivity contribution in [1.29, 1.82) is 0 Å². The highest BCUT2D eigenvalue weighted by Gasteiger charge is 2.50. The molecule has 198 valence electrons. The van der Waals surface area contributed by atoms with E-state index in [-0.39, 0.29) is 23.5 Å². The summed E-state index contributed by atoms with van der Waals surface area (Å²) in [6, 6.07) is 0. The molecule has 0 aromatic rings. The highest BCUT2D eigenvalue weighted by atomic mass is 16.6. The molecule has 1 N–H and O–H groups in total. The maximum Gasteiger partial charge on any atom is 0.303 e. The first-order valence-electron chi connectivity index (χ1n) is 13.5. The second-order valence-corrected chi connectivity index (χ2v) is 11.9. The monoisotopic (exact) mass is 496 g/mol. The lowest BCUT2D eigenvalue weighted by atomic mass is 9.61. The first kappa shape index (κ1) is 28.3. The van der Waals surface area contributed by atoms with Crippen molar-refractivity contribution >= 4 is 11.9 Å². The lowest BCUT2D eigenvalue weighted by Crippen LogP contribution is -2.36. The van der Waals surface area contributed by atoms with Crippen molar-refractivity contribution in [2.45, 2.75) is 111 Å². The Labute approximate surface area is 217 Å². The summed E-state index contributed by atoms with van der Waals surface area (Å²) in [6.07, 6.45) is 11.3. The predicted molar refractivity (Wildman–Crippen MR) is 142 cm³/mol. The summed E-state index contributed by atoms with van der Waals surface area (Å²) < 4.78 is 11.0. The number of carbonyl (C=O) groups is 2. The number of carbonyl (C=O) groups excluding carboxylic acids is 2. The van der Waals surface area contributed by atoms with Crippen LogP contribution >= 0.6 is 0 Å². The third-order valence-electron chi connectivity index (χ3n) is 8.41. The first-order chi connectivity index (χ1) is 16.8. The van der Waals surface area contributed by atoms with E-state index in [0.29, 0.717) is 30.6 Å². The minimum absolute atomic E-state index is 0.253. The number of hydrogen-bond acceptors (Lipinski definition) is 5. The summed E-state index contributed by atoms with van der Waals surface area (Å²) in [5.41, 5.74) is 2.58. The van der Waals surface area contributed by atoms with Crippen LogP contribution < -0.4 is 0 Å². The zero-order valence-corrected chi connectivity index (χ0v) is 23.0. The van der Waals surface area contributed by atoms with E-state index in [1.807, 2.05) is 0 Å². The average Bonchev–Trinajstić information content (AvgIpc) is 3.10. The highest BCUT2D eigenvalue weighted by molar-refractivity contribution is 5.67. The number of aliphatic hydroxyl groups is 1. The van der Waals surface area contributed by atoms with Crippen LogP contribution in [0.4, 0.5) is 0 Å². The molecule has 5 nitrogen and oxygen atoms in total. The second kappa shape index (κ2) is 11.4. The molecule has 3 aliphatic rings. The summed E-state index contributed by atoms with van der Waals surface area (Å²) in [5, 5.41) is 9.93. The van der Waals surface area contributed by atoms with E-state index in [1.165, 1.54) is 45.1 Å². The topological polar surface area (TPSA) is 72.8 Å². The quantitative estimate of drug-likeness (QED) is 0.369. The minimum atomic E-state index is -0.942. The van der Waals surface area contributed by atoms with E-state index in [2.05, 4.69) is 44.4 Å². The molecule has 0 aromatic carbocycles. The fourth-order valence-electron chi connectivity index (χ4n) is 6.86. The SMILES string of the molecule is C=C1C(=CC=C2CCC[C@@]3(C)C2CCC3C(C)CC#CC(C)(C)O)CC(OC(C)=O)C[C@@H]1OC(C)=O. The fourth-order valence-corrected chi connectivity index (χ4v) is 6.86. The highest BCUT2D eigenvalue weighted by Crippen LogP contribution is 2.59. The normalized spacial score (nSPS) is 33.5. The summed E-state index contributed by atoms with van der Waals surface area (Å²) >= 11 is 0. The van der Waals surface area contributed by atoms with Gasteiger partial charge in [0.15, 0.2) is 0 Å². The zero-order valence-electron chi connectivity index (χ0n) is 23.0. The molecule has 0 bridgehead atoms. The molecule has 0 radical (unpaired) electrons. The van der Waals surface area contributed by atoms with Gasteiger partial charge >= 0.3 is 11.9 Å². The van der Waals surface area contributed by atoms with Crippen LogP contribution in [0.1, 0.15) is 92.9 Å². The molecule has 0 aliphatic heterocycles. The van der Waals surface area contributed by atoms with Crippen LogP contribution in [-0.2, 0) is 19.1 Å². The fraction of sp³-hybridized carbons (Fsp3) is 0.677. The van der Waals surface area contributed by atoms with Crippen LogP contribution in [-0.4, -0.2) is 34.9 Å². The zero-order chi connectivity index (χ0) is 26.7. The van der Waals surface area contributed by atoms with Crippen LogP contribution in [0, 0.1) is 35.0 Å². The summed E-state index contributed by atoms with van der Waals surface area (Å²) in [4.78, 5) is 23.2. The average molecular weight is 497 g/mol. The van der Waals surface area contributed by atoms with Gasteiger partial charge in [0.2, 0.25) is 0 Å². The van der Waals surface area contributed by atoms with Crippen LogP contribution in [0.3, 0.4) is 0 Å². The maximum atomic E-state index is 11.6. The van der Waals surface area contributed by atoms with E-state index >= 15 is 0 Å². The number of hydrogen-bond donors (Lipinski definition) is 1. The van der Waals surface area contributed by atoms with Crippen molar-refractivity contribution in [2.24, 2.45) is 23.2 Å². The molecule has 6 atom stereocenters. The van der Waals surface area contributed by atoms with Crippen LogP contribution in [0.25, 0.3) is 0 Å². The van der Waals surface area contributed by atoms with Crippen molar-refractivity contribution < 1.29 is 24.2 Å². The van der Waals surface area contributed by atoms with Gasteiger partial charge in [-0.1, -0.05) is 44.1 Å². The molecule has 3 saturated carbocycles. The molecule has 3 fully saturated rings. The van der Waals surface area contributed by atoms with Gasteiger partial charge in [-0.05, 0) is 80.3 Å². The van der Waals surface area contributed by atoms with Gasteiger partial charge < -0.3 is 14.6 Å². The Hall–Kier alpha value is -2.32. The molecular weight excluding hydrogens is 452 g/mol. The van der Waals surface area contributed by atoms with Gasteiger partial charge in [-0.15, -0.1) is 5.92 Å². The minimum Gasteiger partial charge on any atom is -0.462 e. The van der Waals surface area contributed by atoms with Gasteiger partial charge in [0.25, 0.3) is 0 Å². The van der Waals surface area contributed by atoms with Gasteiger partial charge in [0, 0.05) is 33.1 Å². The van der Waals surface area contributed by atoms with E-state index < -0.39 is 11.7 Å². The number of fused-ring (bicyclic) bond motifs is 1. The standard InChI is InChI=1S/C31H44O5/c1-20(10-8-16-30(5,6)34)27-14-15-28-24(11-9-17-31(27,28)7)12-13-25-18-26(35-22(3)32)19-29(21(25)2)36-23(4)33/h12-13,20,26-29,34H,2,9-11,14-15,17-19H2,1,3-7H3/t20?,26?,27?,28?,29-,31+/m0/s1. The van der Waals surface area contributed by atoms with E-state index in [0.717, 1.165) is 24.0 Å². The molecule has 3 rings (SSSR count). The van der Waals surface area contributed by atoms with Gasteiger partial charge in [0.05, 0.1) is 0 Å². The molecule has 0 spiro atoms. The molecule has 0 saturated heterocycles. The Morgan fingerprint density at radius 2 is 1.92 bits per heavy atom. The maximum absolute atomic E-state index is 11.6. The van der Waals surface area contributed by atoms with Crippen LogP contribution in [0.15, 0.2) is 35.5 Å². The summed E-state index contributed by atoms with van der Waals surface area (Å²) in [7, 11) is 0. The third kappa shape index (κ3) is 6.91. The first-order valence-corrected chi connectivity index (χ1v) is 13.5. The van der Waals surface area contributed by atoms with Crippen molar-refractivity contribution in [1.82, 2.24) is 0 Å². The molecule has 4 unspecified atom stereocenters. The lowest BCUT2D eigenvalue weighted by molar-refractivity contribution is -0.152. The third-order valence-corrected chi connectivity index (χ3v) is 8.41. The smallest absolute Gasteiger partial charge is 0.303 e. The van der Waals surface area contributed by atoms with E-state index in [9.17, 15) is 14.7 Å². The Balaban J connectivity index is 1.79. The molecule has 0 aromatic heterocycles. The lowest BCUT2D eigenvalue weighted by Gasteiger charge is -2.44. The second-order valence-electron chi connectivity index (χ2n) is 11.9. The Kier molecular flexibility index (Phi) is 8.93. The van der Waals surface area contributed by atoms with Crippen LogP contribution in [0.5, 0.6) is 0 Å². The summed E-state index contributed by atoms with van der Waals surface area (Å²) in [6.45, 7) is 15.3.